The van der Waals surface area contributed by atoms with Gasteiger partial charge < -0.3 is 9.64 Å². The smallest absolute Gasteiger partial charge is 0.324 e. The summed E-state index contributed by atoms with van der Waals surface area (Å²) in [5.41, 5.74) is 0. The van der Waals surface area contributed by atoms with Gasteiger partial charge in [-0.1, -0.05) is 0 Å². The Labute approximate surface area is 76.0 Å². The summed E-state index contributed by atoms with van der Waals surface area (Å²) in [6.07, 6.45) is 1.95. The lowest BCUT2D eigenvalue weighted by Gasteiger charge is -2.39. The SMILES string of the molecule is COC1CC(N2CC(=O)NC2=O)C1. The van der Waals surface area contributed by atoms with Gasteiger partial charge in [0.25, 0.3) is 0 Å². The minimum atomic E-state index is -0.260. The molecule has 0 bridgehead atoms. The van der Waals surface area contributed by atoms with Crippen LogP contribution >= 0.6 is 0 Å². The number of imide groups is 1. The second kappa shape index (κ2) is 2.99. The lowest BCUT2D eigenvalue weighted by Crippen LogP contribution is -2.49. The third-order valence-corrected chi connectivity index (χ3v) is 2.67. The zero-order valence-corrected chi connectivity index (χ0v) is 7.45. The zero-order valence-electron chi connectivity index (χ0n) is 7.45. The quantitative estimate of drug-likeness (QED) is 0.600. The van der Waals surface area contributed by atoms with Crippen LogP contribution in [0.4, 0.5) is 4.79 Å². The number of hydrogen-bond donors (Lipinski definition) is 1. The van der Waals surface area contributed by atoms with E-state index in [1.165, 1.54) is 0 Å². The summed E-state index contributed by atoms with van der Waals surface area (Å²) in [6.45, 7) is 0.208. The van der Waals surface area contributed by atoms with Gasteiger partial charge in [0, 0.05) is 13.2 Å². The third kappa shape index (κ3) is 1.39. The van der Waals surface area contributed by atoms with E-state index in [9.17, 15) is 9.59 Å². The number of urea groups is 1. The number of nitrogens with zero attached hydrogens (tertiary/aromatic N) is 1. The van der Waals surface area contributed by atoms with Crippen molar-refractivity contribution in [2.45, 2.75) is 25.0 Å². The number of carbonyl (C=O) groups excluding carboxylic acids is 2. The molecule has 5 nitrogen and oxygen atoms in total. The Hall–Kier alpha value is -1.10. The molecule has 2 aliphatic rings. The predicted octanol–water partition coefficient (Wildman–Crippen LogP) is -0.284. The highest BCUT2D eigenvalue weighted by Gasteiger charge is 2.40. The minimum absolute atomic E-state index is 0.191. The monoisotopic (exact) mass is 184 g/mol. The summed E-state index contributed by atoms with van der Waals surface area (Å²) < 4.78 is 5.09. The largest absolute Gasteiger partial charge is 0.381 e. The second-order valence-corrected chi connectivity index (χ2v) is 3.46. The van der Waals surface area contributed by atoms with Gasteiger partial charge in [-0.15, -0.1) is 0 Å². The molecule has 0 aromatic carbocycles. The van der Waals surface area contributed by atoms with Crippen LogP contribution in [0.3, 0.4) is 0 Å². The molecule has 0 aromatic heterocycles. The average molecular weight is 184 g/mol. The van der Waals surface area contributed by atoms with E-state index >= 15 is 0 Å². The summed E-state index contributed by atoms with van der Waals surface area (Å²) >= 11 is 0. The van der Waals surface area contributed by atoms with Crippen molar-refractivity contribution in [1.82, 2.24) is 10.2 Å². The maximum atomic E-state index is 11.2. The Balaban J connectivity index is 1.89. The molecule has 2 fully saturated rings. The lowest BCUT2D eigenvalue weighted by atomic mass is 9.88. The van der Waals surface area contributed by atoms with Gasteiger partial charge in [0.2, 0.25) is 5.91 Å². The normalized spacial score (nSPS) is 33.2. The van der Waals surface area contributed by atoms with Gasteiger partial charge in [-0.2, -0.15) is 0 Å². The molecule has 1 heterocycles. The highest BCUT2D eigenvalue weighted by molar-refractivity contribution is 6.02. The molecule has 1 saturated heterocycles. The first-order valence-corrected chi connectivity index (χ1v) is 4.34. The molecule has 3 amide bonds. The van der Waals surface area contributed by atoms with E-state index in [2.05, 4.69) is 5.32 Å². The van der Waals surface area contributed by atoms with Crippen LogP contribution < -0.4 is 5.32 Å². The van der Waals surface area contributed by atoms with Gasteiger partial charge in [-0.25, -0.2) is 4.79 Å². The fourth-order valence-corrected chi connectivity index (χ4v) is 1.74. The first-order chi connectivity index (χ1) is 6.20. The number of ether oxygens (including phenoxy) is 1. The van der Waals surface area contributed by atoms with Crippen molar-refractivity contribution in [1.29, 1.82) is 0 Å². The fraction of sp³-hybridized carbons (Fsp3) is 0.750. The molecule has 1 N–H and O–H groups in total. The summed E-state index contributed by atoms with van der Waals surface area (Å²) in [4.78, 5) is 23.6. The summed E-state index contributed by atoms with van der Waals surface area (Å²) in [7, 11) is 1.66. The molecule has 0 atom stereocenters. The van der Waals surface area contributed by atoms with Crippen molar-refractivity contribution in [3.63, 3.8) is 0 Å². The Kier molecular flexibility index (Phi) is 1.95. The van der Waals surface area contributed by atoms with Crippen LogP contribution in [0.15, 0.2) is 0 Å². The van der Waals surface area contributed by atoms with E-state index in [4.69, 9.17) is 4.74 Å². The Morgan fingerprint density at radius 2 is 2.15 bits per heavy atom. The van der Waals surface area contributed by atoms with Crippen LogP contribution in [-0.2, 0) is 9.53 Å². The molecule has 0 unspecified atom stereocenters. The summed E-state index contributed by atoms with van der Waals surface area (Å²) in [5, 5.41) is 2.26. The minimum Gasteiger partial charge on any atom is -0.381 e. The van der Waals surface area contributed by atoms with Crippen molar-refractivity contribution < 1.29 is 14.3 Å². The molecule has 0 aromatic rings. The number of nitrogens with one attached hydrogen (secondary N) is 1. The van der Waals surface area contributed by atoms with Gasteiger partial charge in [-0.05, 0) is 12.8 Å². The Bertz CT molecular complexity index is 248. The number of amides is 3. The van der Waals surface area contributed by atoms with Crippen LogP contribution in [0.25, 0.3) is 0 Å². The van der Waals surface area contributed by atoms with Gasteiger partial charge in [-0.3, -0.25) is 10.1 Å². The molecular formula is C8H12N2O3. The summed E-state index contributed by atoms with van der Waals surface area (Å²) in [6, 6.07) is -0.0686. The van der Waals surface area contributed by atoms with E-state index < -0.39 is 0 Å². The maximum Gasteiger partial charge on any atom is 0.324 e. The molecule has 0 radical (unpaired) electrons. The Morgan fingerprint density at radius 1 is 1.46 bits per heavy atom. The van der Waals surface area contributed by atoms with Crippen molar-refractivity contribution in [3.05, 3.63) is 0 Å². The van der Waals surface area contributed by atoms with E-state index in [0.717, 1.165) is 12.8 Å². The van der Waals surface area contributed by atoms with Crippen LogP contribution in [-0.4, -0.2) is 42.6 Å². The van der Waals surface area contributed by atoms with Crippen LogP contribution in [0.1, 0.15) is 12.8 Å². The van der Waals surface area contributed by atoms with Crippen molar-refractivity contribution in [3.8, 4) is 0 Å². The van der Waals surface area contributed by atoms with Crippen LogP contribution in [0, 0.1) is 0 Å². The zero-order chi connectivity index (χ0) is 9.42. The van der Waals surface area contributed by atoms with Crippen molar-refractivity contribution >= 4 is 11.9 Å². The second-order valence-electron chi connectivity index (χ2n) is 3.46. The average Bonchev–Trinajstić information content (AvgIpc) is 2.29. The van der Waals surface area contributed by atoms with Crippen molar-refractivity contribution in [2.75, 3.05) is 13.7 Å². The molecule has 0 spiro atoms. The summed E-state index contributed by atoms with van der Waals surface area (Å²) in [5.74, 6) is -0.203. The standard InChI is InChI=1S/C8H12N2O3/c1-13-6-2-5(3-6)10-4-7(11)9-8(10)12/h5-6H,2-4H2,1H3,(H,9,11,12). The molecule has 1 saturated carbocycles. The predicted molar refractivity (Wildman–Crippen MR) is 44.1 cm³/mol. The van der Waals surface area contributed by atoms with Gasteiger partial charge >= 0.3 is 6.03 Å². The van der Waals surface area contributed by atoms with Crippen LogP contribution in [0.2, 0.25) is 0 Å². The number of rotatable bonds is 2. The molecular weight excluding hydrogens is 172 g/mol. The maximum absolute atomic E-state index is 11.2. The third-order valence-electron chi connectivity index (χ3n) is 2.67. The Morgan fingerprint density at radius 3 is 2.62 bits per heavy atom. The highest BCUT2D eigenvalue weighted by atomic mass is 16.5. The van der Waals surface area contributed by atoms with Gasteiger partial charge in [0.1, 0.15) is 6.54 Å². The number of methoxy groups -OCH3 is 1. The van der Waals surface area contributed by atoms with Crippen molar-refractivity contribution in [2.24, 2.45) is 0 Å². The molecule has 13 heavy (non-hydrogen) atoms. The number of hydrogen-bond acceptors (Lipinski definition) is 3. The van der Waals surface area contributed by atoms with E-state index in [1.807, 2.05) is 0 Å². The fourth-order valence-electron chi connectivity index (χ4n) is 1.74. The lowest BCUT2D eigenvalue weighted by molar-refractivity contribution is -0.119. The molecule has 2 rings (SSSR count). The molecule has 5 heteroatoms. The molecule has 1 aliphatic heterocycles. The van der Waals surface area contributed by atoms with E-state index in [0.29, 0.717) is 0 Å². The van der Waals surface area contributed by atoms with E-state index in [-0.39, 0.29) is 30.6 Å². The first-order valence-electron chi connectivity index (χ1n) is 4.34. The van der Waals surface area contributed by atoms with Gasteiger partial charge in [0.05, 0.1) is 6.10 Å². The topological polar surface area (TPSA) is 58.6 Å². The molecule has 1 aliphatic carbocycles. The van der Waals surface area contributed by atoms with Gasteiger partial charge in [0.15, 0.2) is 0 Å². The molecule has 72 valence electrons. The van der Waals surface area contributed by atoms with E-state index in [1.54, 1.807) is 12.0 Å². The van der Waals surface area contributed by atoms with Crippen LogP contribution in [0.5, 0.6) is 0 Å². The first kappa shape index (κ1) is 8.50. The number of carbonyl (C=O) groups is 2. The highest BCUT2D eigenvalue weighted by Crippen LogP contribution is 2.28.